The van der Waals surface area contributed by atoms with Gasteiger partial charge in [-0.25, -0.2) is 18.4 Å². The number of sulfonamides is 1. The van der Waals surface area contributed by atoms with Crippen LogP contribution < -0.4 is 14.8 Å². The van der Waals surface area contributed by atoms with Gasteiger partial charge in [-0.15, -0.1) is 11.3 Å². The second kappa shape index (κ2) is 11.1. The number of fused-ring (bicyclic) bond motifs is 1. The minimum Gasteiger partial charge on any atom is -0.480 e. The molecule has 1 fully saturated rings. The molecule has 0 spiro atoms. The van der Waals surface area contributed by atoms with E-state index in [1.54, 1.807) is 41.6 Å². The van der Waals surface area contributed by atoms with Crippen LogP contribution in [-0.4, -0.2) is 77.6 Å². The standard InChI is InChI=1S/C26H31N7O5S2/c1-15-11-33(12-16(2)38-15)13-24-29-22(14-39-24)25(34)30-20-6-17(8-23-19(20)10-28-32(23)3)18-7-21(31-40(5,35)36)26(37-4)27-9-18/h6-10,14-16,31H,11-13H2,1-5H3,(H,30,34)/t15-,16+. The zero-order chi connectivity index (χ0) is 28.6. The molecule has 212 valence electrons. The fraction of sp³-hybridized carbons (Fsp3) is 0.385. The number of nitrogens with zero attached hydrogens (tertiary/aromatic N) is 5. The third-order valence-corrected chi connectivity index (χ3v) is 7.85. The summed E-state index contributed by atoms with van der Waals surface area (Å²) in [6.07, 6.45) is 4.63. The van der Waals surface area contributed by atoms with E-state index < -0.39 is 10.0 Å². The third kappa shape index (κ3) is 6.25. The van der Waals surface area contributed by atoms with Gasteiger partial charge in [0.05, 0.1) is 49.5 Å². The number of ether oxygens (including phenoxy) is 2. The molecule has 40 heavy (non-hydrogen) atoms. The number of pyridine rings is 1. The van der Waals surface area contributed by atoms with Gasteiger partial charge in [0.25, 0.3) is 5.91 Å². The fourth-order valence-electron chi connectivity index (χ4n) is 4.84. The molecule has 0 saturated carbocycles. The maximum Gasteiger partial charge on any atom is 0.275 e. The number of hydrogen-bond donors (Lipinski definition) is 2. The van der Waals surface area contributed by atoms with Gasteiger partial charge in [0.15, 0.2) is 0 Å². The number of aromatic nitrogens is 4. The van der Waals surface area contributed by atoms with Crippen molar-refractivity contribution in [2.45, 2.75) is 32.6 Å². The van der Waals surface area contributed by atoms with E-state index in [-0.39, 0.29) is 29.7 Å². The van der Waals surface area contributed by atoms with Gasteiger partial charge in [0.2, 0.25) is 15.9 Å². The molecular formula is C26H31N7O5S2. The van der Waals surface area contributed by atoms with Crippen molar-refractivity contribution in [3.8, 4) is 17.0 Å². The van der Waals surface area contributed by atoms with Gasteiger partial charge in [-0.1, -0.05) is 0 Å². The third-order valence-electron chi connectivity index (χ3n) is 6.43. The number of benzene rings is 1. The Morgan fingerprint density at radius 2 is 1.88 bits per heavy atom. The van der Waals surface area contributed by atoms with Crippen LogP contribution in [0.1, 0.15) is 29.3 Å². The average molecular weight is 586 g/mol. The van der Waals surface area contributed by atoms with Gasteiger partial charge in [0, 0.05) is 42.7 Å². The highest BCUT2D eigenvalue weighted by atomic mass is 32.2. The number of carbonyl (C=O) groups excluding carboxylic acids is 1. The molecule has 4 aromatic rings. The summed E-state index contributed by atoms with van der Waals surface area (Å²) in [5, 5.41) is 10.7. The fourth-order valence-corrected chi connectivity index (χ4v) is 6.20. The molecule has 2 N–H and O–H groups in total. The van der Waals surface area contributed by atoms with Gasteiger partial charge in [-0.2, -0.15) is 5.10 Å². The predicted molar refractivity (Wildman–Crippen MR) is 154 cm³/mol. The van der Waals surface area contributed by atoms with E-state index in [0.29, 0.717) is 29.1 Å². The molecule has 0 aliphatic carbocycles. The quantitative estimate of drug-likeness (QED) is 0.319. The summed E-state index contributed by atoms with van der Waals surface area (Å²) < 4.78 is 38.9. The highest BCUT2D eigenvalue weighted by Crippen LogP contribution is 2.34. The number of morpholine rings is 1. The first-order valence-electron chi connectivity index (χ1n) is 12.6. The Morgan fingerprint density at radius 1 is 1.15 bits per heavy atom. The molecule has 1 saturated heterocycles. The zero-order valence-electron chi connectivity index (χ0n) is 22.8. The van der Waals surface area contributed by atoms with Crippen LogP contribution in [0.3, 0.4) is 0 Å². The maximum atomic E-state index is 13.3. The number of amides is 1. The van der Waals surface area contributed by atoms with Crippen molar-refractivity contribution in [3.05, 3.63) is 46.7 Å². The maximum absolute atomic E-state index is 13.3. The summed E-state index contributed by atoms with van der Waals surface area (Å²) in [4.78, 5) is 24.4. The summed E-state index contributed by atoms with van der Waals surface area (Å²) in [5.74, 6) is -0.189. The molecule has 3 aromatic heterocycles. The lowest BCUT2D eigenvalue weighted by Gasteiger charge is -2.34. The molecule has 0 unspecified atom stereocenters. The normalized spacial score (nSPS) is 18.1. The van der Waals surface area contributed by atoms with Crippen LogP contribution in [0.4, 0.5) is 11.4 Å². The van der Waals surface area contributed by atoms with E-state index in [1.807, 2.05) is 6.07 Å². The number of aryl methyl sites for hydroxylation is 1. The summed E-state index contributed by atoms with van der Waals surface area (Å²) in [6, 6.07) is 5.34. The number of hydrogen-bond acceptors (Lipinski definition) is 10. The second-order valence-corrected chi connectivity index (χ2v) is 12.6. The number of methoxy groups -OCH3 is 1. The van der Waals surface area contributed by atoms with Gasteiger partial charge in [-0.05, 0) is 37.6 Å². The van der Waals surface area contributed by atoms with Crippen LogP contribution in [0.2, 0.25) is 0 Å². The minimum absolute atomic E-state index is 0.143. The Bertz CT molecular complexity index is 1660. The number of rotatable bonds is 8. The van der Waals surface area contributed by atoms with Crippen LogP contribution >= 0.6 is 11.3 Å². The smallest absolute Gasteiger partial charge is 0.275 e. The number of carbonyl (C=O) groups is 1. The van der Waals surface area contributed by atoms with Gasteiger partial charge >= 0.3 is 0 Å². The van der Waals surface area contributed by atoms with E-state index in [4.69, 9.17) is 9.47 Å². The molecule has 4 heterocycles. The molecule has 14 heteroatoms. The molecule has 2 atom stereocenters. The van der Waals surface area contributed by atoms with Crippen molar-refractivity contribution in [1.82, 2.24) is 24.6 Å². The molecule has 5 rings (SSSR count). The SMILES string of the molecule is COc1ncc(-c2cc(NC(=O)c3csc(CN4C[C@@H](C)O[C@@H](C)C4)n3)c3cnn(C)c3c2)cc1NS(C)(=O)=O. The van der Waals surface area contributed by atoms with Crippen molar-refractivity contribution in [1.29, 1.82) is 0 Å². The molecular weight excluding hydrogens is 554 g/mol. The molecule has 1 aromatic carbocycles. The van der Waals surface area contributed by atoms with Gasteiger partial charge < -0.3 is 14.8 Å². The Morgan fingerprint density at radius 3 is 2.58 bits per heavy atom. The van der Waals surface area contributed by atoms with Crippen molar-refractivity contribution < 1.29 is 22.7 Å². The zero-order valence-corrected chi connectivity index (χ0v) is 24.5. The van der Waals surface area contributed by atoms with Crippen molar-refractivity contribution in [2.24, 2.45) is 7.05 Å². The van der Waals surface area contributed by atoms with Crippen LogP contribution in [-0.2, 0) is 28.4 Å². The first-order chi connectivity index (χ1) is 19.0. The van der Waals surface area contributed by atoms with Crippen molar-refractivity contribution in [2.75, 3.05) is 36.5 Å². The largest absolute Gasteiger partial charge is 0.480 e. The van der Waals surface area contributed by atoms with E-state index in [0.717, 1.165) is 35.3 Å². The highest BCUT2D eigenvalue weighted by molar-refractivity contribution is 7.92. The van der Waals surface area contributed by atoms with Crippen LogP contribution in [0.5, 0.6) is 5.88 Å². The lowest BCUT2D eigenvalue weighted by Crippen LogP contribution is -2.44. The van der Waals surface area contributed by atoms with E-state index in [2.05, 4.69) is 43.9 Å². The van der Waals surface area contributed by atoms with Crippen LogP contribution in [0.15, 0.2) is 36.0 Å². The average Bonchev–Trinajstić information content (AvgIpc) is 3.49. The van der Waals surface area contributed by atoms with E-state index in [9.17, 15) is 13.2 Å². The Kier molecular flexibility index (Phi) is 7.77. The van der Waals surface area contributed by atoms with Gasteiger partial charge in [0.1, 0.15) is 16.4 Å². The summed E-state index contributed by atoms with van der Waals surface area (Å²) in [7, 11) is -0.346. The van der Waals surface area contributed by atoms with E-state index >= 15 is 0 Å². The Balaban J connectivity index is 1.42. The number of nitrogens with one attached hydrogen (secondary N) is 2. The summed E-state index contributed by atoms with van der Waals surface area (Å²) in [6.45, 7) is 6.41. The summed E-state index contributed by atoms with van der Waals surface area (Å²) >= 11 is 1.45. The van der Waals surface area contributed by atoms with Crippen LogP contribution in [0, 0.1) is 0 Å². The first kappa shape index (κ1) is 28.0. The highest BCUT2D eigenvalue weighted by Gasteiger charge is 2.24. The van der Waals surface area contributed by atoms with Crippen molar-refractivity contribution in [3.63, 3.8) is 0 Å². The lowest BCUT2D eigenvalue weighted by molar-refractivity contribution is -0.0705. The summed E-state index contributed by atoms with van der Waals surface area (Å²) in [5.41, 5.74) is 3.18. The Hall–Kier alpha value is -3.59. The second-order valence-electron chi connectivity index (χ2n) is 9.91. The van der Waals surface area contributed by atoms with Crippen LogP contribution in [0.25, 0.3) is 22.0 Å². The topological polar surface area (TPSA) is 141 Å². The monoisotopic (exact) mass is 585 g/mol. The number of thiazole rings is 1. The van der Waals surface area contributed by atoms with E-state index in [1.165, 1.54) is 18.4 Å². The Labute approximate surface area is 236 Å². The van der Waals surface area contributed by atoms with Crippen molar-refractivity contribution >= 4 is 49.5 Å². The molecule has 0 bridgehead atoms. The predicted octanol–water partition coefficient (Wildman–Crippen LogP) is 3.33. The minimum atomic E-state index is -3.57. The van der Waals surface area contributed by atoms with Gasteiger partial charge in [-0.3, -0.25) is 19.1 Å². The molecule has 0 radical (unpaired) electrons. The molecule has 1 aliphatic rings. The molecule has 1 aliphatic heterocycles. The molecule has 12 nitrogen and oxygen atoms in total. The molecule has 1 amide bonds. The first-order valence-corrected chi connectivity index (χ1v) is 15.4. The number of anilines is 2. The lowest BCUT2D eigenvalue weighted by atomic mass is 10.0.